The number of unbranched alkanes of at least 4 members (excludes halogenated alkanes) is 2. The van der Waals surface area contributed by atoms with E-state index < -0.39 is 11.1 Å². The van der Waals surface area contributed by atoms with Crippen LogP contribution in [0.15, 0.2) is 0 Å². The molecule has 1 saturated heterocycles. The molecule has 0 bridgehead atoms. The second kappa shape index (κ2) is 4.80. The second-order valence-electron chi connectivity index (χ2n) is 6.65. The standard InChI is InChI=1S/C15H26N2O2/c1-5-6-7-10-17-13(19)15(4,11-8-9-11)16-12(18)14(17,2)3/h11H,5-10H2,1-4H3,(H,16,18). The van der Waals surface area contributed by atoms with Gasteiger partial charge >= 0.3 is 0 Å². The molecule has 1 aliphatic heterocycles. The first-order valence-corrected chi connectivity index (χ1v) is 7.48. The van der Waals surface area contributed by atoms with E-state index in [1.807, 2.05) is 20.8 Å². The van der Waals surface area contributed by atoms with Gasteiger partial charge in [0.2, 0.25) is 11.8 Å². The van der Waals surface area contributed by atoms with Gasteiger partial charge in [0.05, 0.1) is 0 Å². The van der Waals surface area contributed by atoms with Crippen LogP contribution in [-0.2, 0) is 9.59 Å². The van der Waals surface area contributed by atoms with E-state index in [0.717, 1.165) is 32.1 Å². The molecule has 2 aliphatic rings. The molecule has 1 N–H and O–H groups in total. The minimum Gasteiger partial charge on any atom is -0.340 e. The largest absolute Gasteiger partial charge is 0.340 e. The van der Waals surface area contributed by atoms with Crippen LogP contribution >= 0.6 is 0 Å². The minimum atomic E-state index is -0.723. The Balaban J connectivity index is 2.19. The number of nitrogens with zero attached hydrogens (tertiary/aromatic N) is 1. The van der Waals surface area contributed by atoms with Crippen molar-refractivity contribution < 1.29 is 9.59 Å². The number of rotatable bonds is 5. The molecule has 1 unspecified atom stereocenters. The lowest BCUT2D eigenvalue weighted by molar-refractivity contribution is -0.161. The van der Waals surface area contributed by atoms with Crippen LogP contribution in [0, 0.1) is 5.92 Å². The summed E-state index contributed by atoms with van der Waals surface area (Å²) in [5.41, 5.74) is -1.39. The zero-order chi connectivity index (χ0) is 14.3. The first-order valence-electron chi connectivity index (χ1n) is 7.48. The van der Waals surface area contributed by atoms with Crippen LogP contribution in [0.2, 0.25) is 0 Å². The molecule has 1 aliphatic carbocycles. The van der Waals surface area contributed by atoms with Crippen molar-refractivity contribution >= 4 is 11.8 Å². The van der Waals surface area contributed by atoms with Gasteiger partial charge in [-0.1, -0.05) is 19.8 Å². The maximum Gasteiger partial charge on any atom is 0.249 e. The fourth-order valence-electron chi connectivity index (χ4n) is 2.94. The zero-order valence-electron chi connectivity index (χ0n) is 12.6. The number of piperazine rings is 1. The minimum absolute atomic E-state index is 0.0157. The SMILES string of the molecule is CCCCCN1C(=O)C(C)(C2CC2)NC(=O)C1(C)C. The summed E-state index contributed by atoms with van der Waals surface area (Å²) in [4.78, 5) is 26.9. The highest BCUT2D eigenvalue weighted by Crippen LogP contribution is 2.43. The predicted molar refractivity (Wildman–Crippen MR) is 74.6 cm³/mol. The quantitative estimate of drug-likeness (QED) is 0.775. The summed E-state index contributed by atoms with van der Waals surface area (Å²) < 4.78 is 0. The summed E-state index contributed by atoms with van der Waals surface area (Å²) in [7, 11) is 0. The number of hydrogen-bond acceptors (Lipinski definition) is 2. The Kier molecular flexibility index (Phi) is 3.63. The van der Waals surface area contributed by atoms with Crippen LogP contribution in [-0.4, -0.2) is 34.3 Å². The lowest BCUT2D eigenvalue weighted by Crippen LogP contribution is -2.74. The highest BCUT2D eigenvalue weighted by Gasteiger charge is 2.57. The number of carbonyl (C=O) groups excluding carboxylic acids is 2. The molecule has 1 saturated carbocycles. The number of carbonyl (C=O) groups is 2. The average Bonchev–Trinajstić information content (AvgIpc) is 3.16. The molecule has 2 amide bonds. The molecule has 0 aromatic carbocycles. The molecule has 19 heavy (non-hydrogen) atoms. The molecule has 0 aromatic rings. The van der Waals surface area contributed by atoms with E-state index in [2.05, 4.69) is 12.2 Å². The van der Waals surface area contributed by atoms with Gasteiger partial charge in [0, 0.05) is 6.54 Å². The Morgan fingerprint density at radius 2 is 1.84 bits per heavy atom. The van der Waals surface area contributed by atoms with E-state index in [-0.39, 0.29) is 11.8 Å². The van der Waals surface area contributed by atoms with Crippen LogP contribution < -0.4 is 5.32 Å². The molecule has 1 heterocycles. The number of nitrogens with one attached hydrogen (secondary N) is 1. The lowest BCUT2D eigenvalue weighted by atomic mass is 9.85. The van der Waals surface area contributed by atoms with Gasteiger partial charge in [0.25, 0.3) is 0 Å². The molecular weight excluding hydrogens is 240 g/mol. The van der Waals surface area contributed by atoms with Crippen molar-refractivity contribution in [2.45, 2.75) is 70.9 Å². The fourth-order valence-corrected chi connectivity index (χ4v) is 2.94. The highest BCUT2D eigenvalue weighted by atomic mass is 16.2. The van der Waals surface area contributed by atoms with E-state index >= 15 is 0 Å². The van der Waals surface area contributed by atoms with Crippen molar-refractivity contribution in [2.75, 3.05) is 6.54 Å². The molecule has 0 spiro atoms. The average molecular weight is 266 g/mol. The third-order valence-electron chi connectivity index (χ3n) is 4.67. The monoisotopic (exact) mass is 266 g/mol. The predicted octanol–water partition coefficient (Wildman–Crippen LogP) is 2.08. The summed E-state index contributed by atoms with van der Waals surface area (Å²) in [6.07, 6.45) is 5.29. The van der Waals surface area contributed by atoms with Crippen LogP contribution in [0.25, 0.3) is 0 Å². The maximum absolute atomic E-state index is 12.8. The van der Waals surface area contributed by atoms with Gasteiger partial charge < -0.3 is 10.2 Å². The van der Waals surface area contributed by atoms with Gasteiger partial charge in [-0.3, -0.25) is 9.59 Å². The van der Waals surface area contributed by atoms with Gasteiger partial charge in [0.1, 0.15) is 11.1 Å². The summed E-state index contributed by atoms with van der Waals surface area (Å²) in [5.74, 6) is 0.419. The molecule has 2 rings (SSSR count). The molecule has 0 radical (unpaired) electrons. The first-order chi connectivity index (χ1) is 8.84. The van der Waals surface area contributed by atoms with E-state index in [1.54, 1.807) is 4.90 Å². The van der Waals surface area contributed by atoms with E-state index in [4.69, 9.17) is 0 Å². The van der Waals surface area contributed by atoms with Crippen molar-refractivity contribution in [1.29, 1.82) is 0 Å². The lowest BCUT2D eigenvalue weighted by Gasteiger charge is -2.49. The highest BCUT2D eigenvalue weighted by molar-refractivity contribution is 6.02. The Morgan fingerprint density at radius 1 is 1.21 bits per heavy atom. The van der Waals surface area contributed by atoms with Crippen molar-refractivity contribution in [3.8, 4) is 0 Å². The summed E-state index contributed by atoms with van der Waals surface area (Å²) in [6.45, 7) is 8.42. The van der Waals surface area contributed by atoms with Crippen molar-refractivity contribution in [1.82, 2.24) is 10.2 Å². The summed E-state index contributed by atoms with van der Waals surface area (Å²) in [6, 6.07) is 0. The Morgan fingerprint density at radius 3 is 2.37 bits per heavy atom. The smallest absolute Gasteiger partial charge is 0.249 e. The van der Waals surface area contributed by atoms with E-state index in [9.17, 15) is 9.59 Å². The van der Waals surface area contributed by atoms with Gasteiger partial charge in [-0.05, 0) is 46.0 Å². The third-order valence-corrected chi connectivity index (χ3v) is 4.67. The van der Waals surface area contributed by atoms with Crippen molar-refractivity contribution in [2.24, 2.45) is 5.92 Å². The molecule has 2 fully saturated rings. The Hall–Kier alpha value is -1.06. The van der Waals surface area contributed by atoms with E-state index in [1.165, 1.54) is 0 Å². The molecule has 4 nitrogen and oxygen atoms in total. The fraction of sp³-hybridized carbons (Fsp3) is 0.867. The van der Waals surface area contributed by atoms with Crippen LogP contribution in [0.5, 0.6) is 0 Å². The van der Waals surface area contributed by atoms with Crippen LogP contribution in [0.1, 0.15) is 59.8 Å². The van der Waals surface area contributed by atoms with Crippen LogP contribution in [0.3, 0.4) is 0 Å². The van der Waals surface area contributed by atoms with Gasteiger partial charge in [-0.2, -0.15) is 0 Å². The van der Waals surface area contributed by atoms with Gasteiger partial charge in [0.15, 0.2) is 0 Å². The zero-order valence-corrected chi connectivity index (χ0v) is 12.6. The maximum atomic E-state index is 12.8. The molecule has 108 valence electrons. The summed E-state index contributed by atoms with van der Waals surface area (Å²) in [5, 5.41) is 2.98. The molecule has 1 atom stereocenters. The number of amides is 2. The Labute approximate surface area is 115 Å². The number of hydrogen-bond donors (Lipinski definition) is 1. The van der Waals surface area contributed by atoms with Crippen molar-refractivity contribution in [3.05, 3.63) is 0 Å². The van der Waals surface area contributed by atoms with E-state index in [0.29, 0.717) is 12.5 Å². The normalized spacial score (nSPS) is 30.4. The first kappa shape index (κ1) is 14.4. The van der Waals surface area contributed by atoms with Crippen LogP contribution in [0.4, 0.5) is 0 Å². The van der Waals surface area contributed by atoms with Gasteiger partial charge in [-0.15, -0.1) is 0 Å². The molecule has 0 aromatic heterocycles. The third kappa shape index (κ3) is 2.37. The van der Waals surface area contributed by atoms with Gasteiger partial charge in [-0.25, -0.2) is 0 Å². The second-order valence-corrected chi connectivity index (χ2v) is 6.65. The molecular formula is C15H26N2O2. The Bertz CT molecular complexity index is 388. The summed E-state index contributed by atoms with van der Waals surface area (Å²) >= 11 is 0. The van der Waals surface area contributed by atoms with Crippen molar-refractivity contribution in [3.63, 3.8) is 0 Å². The topological polar surface area (TPSA) is 49.4 Å². The molecule has 4 heteroatoms.